The molecule has 1 heterocycles. The first-order valence-corrected chi connectivity index (χ1v) is 7.44. The predicted molar refractivity (Wildman–Crippen MR) is 81.5 cm³/mol. The van der Waals surface area contributed by atoms with Crippen molar-refractivity contribution < 1.29 is 4.79 Å². The van der Waals surface area contributed by atoms with Gasteiger partial charge in [-0.1, -0.05) is 12.1 Å². The summed E-state index contributed by atoms with van der Waals surface area (Å²) >= 11 is 0. The van der Waals surface area contributed by atoms with Crippen LogP contribution in [0.4, 0.5) is 0 Å². The highest BCUT2D eigenvalue weighted by Gasteiger charge is 2.18. The van der Waals surface area contributed by atoms with Crippen molar-refractivity contribution in [3.63, 3.8) is 0 Å². The summed E-state index contributed by atoms with van der Waals surface area (Å²) in [5, 5.41) is 3.23. The molecule has 0 radical (unpaired) electrons. The Kier molecular flexibility index (Phi) is 5.56. The number of hydrogen-bond donors (Lipinski definition) is 2. The Morgan fingerprint density at radius 3 is 2.80 bits per heavy atom. The minimum atomic E-state index is -0.349. The third kappa shape index (κ3) is 4.32. The molecular weight excluding hydrogens is 250 g/mol. The van der Waals surface area contributed by atoms with Gasteiger partial charge in [0, 0.05) is 12.1 Å². The van der Waals surface area contributed by atoms with Gasteiger partial charge in [-0.15, -0.1) is 0 Å². The van der Waals surface area contributed by atoms with E-state index in [9.17, 15) is 4.79 Å². The molecule has 0 aliphatic carbocycles. The lowest BCUT2D eigenvalue weighted by Crippen LogP contribution is -2.34. The van der Waals surface area contributed by atoms with Crippen molar-refractivity contribution in [1.29, 1.82) is 0 Å². The van der Waals surface area contributed by atoms with E-state index < -0.39 is 0 Å². The van der Waals surface area contributed by atoms with E-state index in [-0.39, 0.29) is 5.91 Å². The molecule has 20 heavy (non-hydrogen) atoms. The summed E-state index contributed by atoms with van der Waals surface area (Å²) in [5.41, 5.74) is 7.10. The summed E-state index contributed by atoms with van der Waals surface area (Å²) in [5.74, 6) is 0.508. The first-order valence-electron chi connectivity index (χ1n) is 7.44. The van der Waals surface area contributed by atoms with E-state index in [4.69, 9.17) is 5.73 Å². The fourth-order valence-electron chi connectivity index (χ4n) is 2.86. The second-order valence-corrected chi connectivity index (χ2v) is 5.68. The van der Waals surface area contributed by atoms with Gasteiger partial charge in [0.2, 0.25) is 5.91 Å². The molecular formula is C16H25N3O. The van der Waals surface area contributed by atoms with Gasteiger partial charge in [-0.05, 0) is 69.6 Å². The van der Waals surface area contributed by atoms with E-state index in [2.05, 4.69) is 16.3 Å². The zero-order chi connectivity index (χ0) is 14.4. The number of nitrogens with two attached hydrogens (primary N) is 1. The molecule has 0 aromatic heterocycles. The maximum Gasteiger partial charge on any atom is 0.248 e. The van der Waals surface area contributed by atoms with Crippen LogP contribution in [0.25, 0.3) is 0 Å². The van der Waals surface area contributed by atoms with E-state index >= 15 is 0 Å². The van der Waals surface area contributed by atoms with Crippen LogP contribution in [-0.4, -0.2) is 37.5 Å². The number of carbonyl (C=O) groups excluding carboxylic acids is 1. The first-order chi connectivity index (χ1) is 9.69. The number of nitrogens with one attached hydrogen (secondary N) is 1. The number of benzene rings is 1. The topological polar surface area (TPSA) is 58.4 Å². The molecule has 0 spiro atoms. The minimum absolute atomic E-state index is 0.349. The molecule has 0 atom stereocenters. The Labute approximate surface area is 121 Å². The van der Waals surface area contributed by atoms with Crippen LogP contribution >= 0.6 is 0 Å². The normalized spacial score (nSPS) is 17.2. The van der Waals surface area contributed by atoms with Gasteiger partial charge in [0.05, 0.1) is 0 Å². The largest absolute Gasteiger partial charge is 0.366 e. The third-order valence-electron chi connectivity index (χ3n) is 4.13. The molecule has 3 N–H and O–H groups in total. The van der Waals surface area contributed by atoms with Crippen molar-refractivity contribution in [1.82, 2.24) is 10.2 Å². The molecule has 1 aromatic rings. The van der Waals surface area contributed by atoms with Gasteiger partial charge in [0.25, 0.3) is 0 Å². The monoisotopic (exact) mass is 275 g/mol. The Hall–Kier alpha value is -1.39. The minimum Gasteiger partial charge on any atom is -0.366 e. The molecule has 1 aliphatic rings. The molecule has 1 saturated heterocycles. The van der Waals surface area contributed by atoms with Gasteiger partial charge >= 0.3 is 0 Å². The Morgan fingerprint density at radius 2 is 2.15 bits per heavy atom. The summed E-state index contributed by atoms with van der Waals surface area (Å²) in [6, 6.07) is 7.67. The van der Waals surface area contributed by atoms with Crippen LogP contribution in [-0.2, 0) is 6.54 Å². The number of rotatable bonds is 6. The lowest BCUT2D eigenvalue weighted by Gasteiger charge is -2.32. The highest BCUT2D eigenvalue weighted by atomic mass is 16.1. The summed E-state index contributed by atoms with van der Waals surface area (Å²) in [6.45, 7) is 4.33. The van der Waals surface area contributed by atoms with Crippen LogP contribution in [0, 0.1) is 5.92 Å². The number of piperidine rings is 1. The lowest BCUT2D eigenvalue weighted by molar-refractivity contribution is 0.1000. The SMILES string of the molecule is CNCCC1CCN(Cc2cccc(C(N)=O)c2)CC1. The first kappa shape index (κ1) is 15.0. The molecule has 2 rings (SSSR count). The Morgan fingerprint density at radius 1 is 1.40 bits per heavy atom. The van der Waals surface area contributed by atoms with Crippen LogP contribution < -0.4 is 11.1 Å². The average Bonchev–Trinajstić information content (AvgIpc) is 2.47. The van der Waals surface area contributed by atoms with Crippen molar-refractivity contribution >= 4 is 5.91 Å². The second-order valence-electron chi connectivity index (χ2n) is 5.68. The second kappa shape index (κ2) is 7.41. The molecule has 110 valence electrons. The number of nitrogens with zero attached hydrogens (tertiary/aromatic N) is 1. The molecule has 1 aliphatic heterocycles. The number of amides is 1. The van der Waals surface area contributed by atoms with Crippen molar-refractivity contribution in [2.75, 3.05) is 26.7 Å². The van der Waals surface area contributed by atoms with Gasteiger partial charge in [0.15, 0.2) is 0 Å². The van der Waals surface area contributed by atoms with Gasteiger partial charge in [0.1, 0.15) is 0 Å². The summed E-state index contributed by atoms with van der Waals surface area (Å²) in [6.07, 6.45) is 3.83. The van der Waals surface area contributed by atoms with Crippen LogP contribution in [0.15, 0.2) is 24.3 Å². The van der Waals surface area contributed by atoms with E-state index in [1.807, 2.05) is 19.2 Å². The molecule has 4 nitrogen and oxygen atoms in total. The summed E-state index contributed by atoms with van der Waals surface area (Å²) in [7, 11) is 2.01. The summed E-state index contributed by atoms with van der Waals surface area (Å²) in [4.78, 5) is 13.7. The number of likely N-dealkylation sites (tertiary alicyclic amines) is 1. The van der Waals surface area contributed by atoms with E-state index in [0.29, 0.717) is 5.56 Å². The van der Waals surface area contributed by atoms with Crippen LogP contribution in [0.5, 0.6) is 0 Å². The molecule has 0 unspecified atom stereocenters. The van der Waals surface area contributed by atoms with Crippen molar-refractivity contribution in [3.8, 4) is 0 Å². The number of carbonyl (C=O) groups is 1. The Balaban J connectivity index is 1.83. The molecule has 1 amide bonds. The van der Waals surface area contributed by atoms with E-state index in [1.54, 1.807) is 6.07 Å². The average molecular weight is 275 g/mol. The van der Waals surface area contributed by atoms with Gasteiger partial charge in [-0.25, -0.2) is 0 Å². The van der Waals surface area contributed by atoms with Gasteiger partial charge in [-0.2, -0.15) is 0 Å². The number of primary amides is 1. The quantitative estimate of drug-likeness (QED) is 0.829. The third-order valence-corrected chi connectivity index (χ3v) is 4.13. The summed E-state index contributed by atoms with van der Waals surface area (Å²) < 4.78 is 0. The van der Waals surface area contributed by atoms with Gasteiger partial charge < -0.3 is 11.1 Å². The zero-order valence-electron chi connectivity index (χ0n) is 12.3. The van der Waals surface area contributed by atoms with Crippen LogP contribution in [0.3, 0.4) is 0 Å². The highest BCUT2D eigenvalue weighted by molar-refractivity contribution is 5.92. The van der Waals surface area contributed by atoms with Crippen molar-refractivity contribution in [2.24, 2.45) is 11.7 Å². The standard InChI is InChI=1S/C16H25N3O/c1-18-8-5-13-6-9-19(10-7-13)12-14-3-2-4-15(11-14)16(17)20/h2-4,11,13,18H,5-10,12H2,1H3,(H2,17,20). The van der Waals surface area contributed by atoms with Gasteiger partial charge in [-0.3, -0.25) is 9.69 Å². The van der Waals surface area contributed by atoms with Crippen LogP contribution in [0.2, 0.25) is 0 Å². The van der Waals surface area contributed by atoms with E-state index in [1.165, 1.54) is 24.8 Å². The molecule has 1 fully saturated rings. The van der Waals surface area contributed by atoms with Crippen LogP contribution in [0.1, 0.15) is 35.2 Å². The smallest absolute Gasteiger partial charge is 0.248 e. The molecule has 0 bridgehead atoms. The molecule has 0 saturated carbocycles. The molecule has 4 heteroatoms. The maximum atomic E-state index is 11.2. The molecule has 1 aromatic carbocycles. The van der Waals surface area contributed by atoms with Crippen molar-refractivity contribution in [3.05, 3.63) is 35.4 Å². The fraction of sp³-hybridized carbons (Fsp3) is 0.562. The van der Waals surface area contributed by atoms with Crippen molar-refractivity contribution in [2.45, 2.75) is 25.8 Å². The fourth-order valence-corrected chi connectivity index (χ4v) is 2.86. The predicted octanol–water partition coefficient (Wildman–Crippen LogP) is 1.61. The maximum absolute atomic E-state index is 11.2. The van der Waals surface area contributed by atoms with E-state index in [0.717, 1.165) is 32.1 Å². The lowest BCUT2D eigenvalue weighted by atomic mass is 9.93. The Bertz CT molecular complexity index is 439. The zero-order valence-corrected chi connectivity index (χ0v) is 12.3. The number of hydrogen-bond acceptors (Lipinski definition) is 3. The highest BCUT2D eigenvalue weighted by Crippen LogP contribution is 2.21.